The van der Waals surface area contributed by atoms with E-state index in [0.717, 1.165) is 42.2 Å². The maximum absolute atomic E-state index is 6.22. The van der Waals surface area contributed by atoms with Crippen molar-refractivity contribution in [2.75, 3.05) is 44.7 Å². The summed E-state index contributed by atoms with van der Waals surface area (Å²) in [6.07, 6.45) is 1.52. The summed E-state index contributed by atoms with van der Waals surface area (Å²) >= 11 is 14.1. The van der Waals surface area contributed by atoms with E-state index in [1.165, 1.54) is 6.33 Å². The van der Waals surface area contributed by atoms with Gasteiger partial charge in [-0.1, -0.05) is 23.2 Å². The van der Waals surface area contributed by atoms with Crippen LogP contribution in [0, 0.1) is 0 Å². The fourth-order valence-corrected chi connectivity index (χ4v) is 5.58. The SMILES string of the molecule is COc1cc2c(Nc3ccc(Cl)c(Cl)c3)ncnc2cc1OCC1SCN2CCOCC12. The number of hydrogen-bond acceptors (Lipinski definition) is 8. The molecule has 2 aliphatic heterocycles. The fraction of sp³-hybridized carbons (Fsp3) is 0.364. The maximum atomic E-state index is 6.22. The molecule has 32 heavy (non-hydrogen) atoms. The molecule has 0 aliphatic carbocycles. The van der Waals surface area contributed by atoms with Crippen molar-refractivity contribution in [2.45, 2.75) is 11.3 Å². The van der Waals surface area contributed by atoms with E-state index >= 15 is 0 Å². The summed E-state index contributed by atoms with van der Waals surface area (Å²) in [7, 11) is 1.63. The number of thioether (sulfide) groups is 1. The summed E-state index contributed by atoms with van der Waals surface area (Å²) in [4.78, 5) is 11.3. The topological polar surface area (TPSA) is 68.7 Å². The summed E-state index contributed by atoms with van der Waals surface area (Å²) in [5, 5.41) is 5.41. The van der Waals surface area contributed by atoms with Gasteiger partial charge in [0.2, 0.25) is 0 Å². The average Bonchev–Trinajstić information content (AvgIpc) is 3.23. The number of benzene rings is 2. The van der Waals surface area contributed by atoms with Gasteiger partial charge in [-0.25, -0.2) is 9.97 Å². The Morgan fingerprint density at radius 3 is 2.94 bits per heavy atom. The predicted octanol–water partition coefficient (Wildman–Crippen LogP) is 4.84. The van der Waals surface area contributed by atoms with Gasteiger partial charge < -0.3 is 19.5 Å². The number of anilines is 2. The zero-order valence-electron chi connectivity index (χ0n) is 17.4. The molecule has 2 fully saturated rings. The van der Waals surface area contributed by atoms with Crippen LogP contribution in [0.25, 0.3) is 10.9 Å². The Morgan fingerprint density at radius 2 is 2.09 bits per heavy atom. The Kier molecular flexibility index (Phi) is 6.48. The van der Waals surface area contributed by atoms with E-state index in [2.05, 4.69) is 20.2 Å². The largest absolute Gasteiger partial charge is 0.493 e. The first-order chi connectivity index (χ1) is 15.6. The van der Waals surface area contributed by atoms with Gasteiger partial charge in [-0.3, -0.25) is 4.90 Å². The zero-order chi connectivity index (χ0) is 22.1. The number of ether oxygens (including phenoxy) is 3. The van der Waals surface area contributed by atoms with Crippen molar-refractivity contribution in [3.63, 3.8) is 0 Å². The molecule has 3 heterocycles. The first-order valence-electron chi connectivity index (χ1n) is 10.2. The molecular formula is C22H22Cl2N4O3S. The van der Waals surface area contributed by atoms with Crippen molar-refractivity contribution in [3.8, 4) is 11.5 Å². The summed E-state index contributed by atoms with van der Waals surface area (Å²) in [6.45, 7) is 3.13. The third-order valence-electron chi connectivity index (χ3n) is 5.67. The van der Waals surface area contributed by atoms with Crippen molar-refractivity contribution >= 4 is 57.4 Å². The van der Waals surface area contributed by atoms with E-state index in [-0.39, 0.29) is 0 Å². The molecule has 0 bridgehead atoms. The number of fused-ring (bicyclic) bond motifs is 2. The number of nitrogens with zero attached hydrogens (tertiary/aromatic N) is 3. The molecule has 0 radical (unpaired) electrons. The van der Waals surface area contributed by atoms with Crippen LogP contribution in [0.3, 0.4) is 0 Å². The molecule has 2 atom stereocenters. The van der Waals surface area contributed by atoms with Gasteiger partial charge in [-0.2, -0.15) is 0 Å². The standard InChI is InChI=1S/C22H22Cl2N4O3S/c1-29-19-7-14-17(25-11-26-22(14)27-13-2-3-15(23)16(24)6-13)8-20(19)31-10-21-18-9-30-5-4-28(18)12-32-21/h2-3,6-8,11,18,21H,4-5,9-10,12H2,1H3,(H,25,26,27). The lowest BCUT2D eigenvalue weighted by Gasteiger charge is -2.31. The highest BCUT2D eigenvalue weighted by Gasteiger charge is 2.37. The van der Waals surface area contributed by atoms with E-state index in [1.54, 1.807) is 19.2 Å². The summed E-state index contributed by atoms with van der Waals surface area (Å²) in [6, 6.07) is 9.51. The first-order valence-corrected chi connectivity index (χ1v) is 12.0. The van der Waals surface area contributed by atoms with Crippen LogP contribution in [0.15, 0.2) is 36.7 Å². The van der Waals surface area contributed by atoms with Crippen LogP contribution in [0.4, 0.5) is 11.5 Å². The third-order valence-corrected chi connectivity index (χ3v) is 7.77. The van der Waals surface area contributed by atoms with Crippen LogP contribution in [0.5, 0.6) is 11.5 Å². The zero-order valence-corrected chi connectivity index (χ0v) is 19.7. The fourth-order valence-electron chi connectivity index (χ4n) is 3.94. The minimum Gasteiger partial charge on any atom is -0.493 e. The van der Waals surface area contributed by atoms with Crippen molar-refractivity contribution in [3.05, 3.63) is 46.7 Å². The van der Waals surface area contributed by atoms with Gasteiger partial charge >= 0.3 is 0 Å². The van der Waals surface area contributed by atoms with Crippen molar-refractivity contribution in [1.29, 1.82) is 0 Å². The van der Waals surface area contributed by atoms with Gasteiger partial charge in [-0.05, 0) is 24.3 Å². The second-order valence-electron chi connectivity index (χ2n) is 7.60. The average molecular weight is 493 g/mol. The Bertz CT molecular complexity index is 1140. The first kappa shape index (κ1) is 21.9. The van der Waals surface area contributed by atoms with Crippen LogP contribution in [-0.4, -0.2) is 65.5 Å². The molecule has 3 aromatic rings. The van der Waals surface area contributed by atoms with Crippen molar-refractivity contribution < 1.29 is 14.2 Å². The quantitative estimate of drug-likeness (QED) is 0.523. The smallest absolute Gasteiger partial charge is 0.163 e. The Morgan fingerprint density at radius 1 is 1.19 bits per heavy atom. The minimum absolute atomic E-state index is 0.355. The number of methoxy groups -OCH3 is 1. The molecular weight excluding hydrogens is 471 g/mol. The molecule has 168 valence electrons. The van der Waals surface area contributed by atoms with Crippen LogP contribution >= 0.6 is 35.0 Å². The molecule has 1 N–H and O–H groups in total. The molecule has 5 rings (SSSR count). The highest BCUT2D eigenvalue weighted by molar-refractivity contribution is 8.00. The van der Waals surface area contributed by atoms with Gasteiger partial charge in [0.25, 0.3) is 0 Å². The van der Waals surface area contributed by atoms with E-state index < -0.39 is 0 Å². The Labute approximate surface area is 200 Å². The molecule has 2 saturated heterocycles. The van der Waals surface area contributed by atoms with E-state index in [0.29, 0.717) is 45.3 Å². The predicted molar refractivity (Wildman–Crippen MR) is 129 cm³/mol. The lowest BCUT2D eigenvalue weighted by molar-refractivity contribution is 0.00495. The summed E-state index contributed by atoms with van der Waals surface area (Å²) in [5.74, 6) is 2.95. The number of nitrogens with one attached hydrogen (secondary N) is 1. The number of rotatable bonds is 6. The molecule has 2 aromatic carbocycles. The van der Waals surface area contributed by atoms with Crippen LogP contribution in [0.2, 0.25) is 10.0 Å². The van der Waals surface area contributed by atoms with Crippen molar-refractivity contribution in [1.82, 2.24) is 14.9 Å². The molecule has 7 nitrogen and oxygen atoms in total. The molecule has 0 saturated carbocycles. The van der Waals surface area contributed by atoms with Gasteiger partial charge in [0.15, 0.2) is 11.5 Å². The second-order valence-corrected chi connectivity index (χ2v) is 9.61. The van der Waals surface area contributed by atoms with E-state index in [1.807, 2.05) is 30.0 Å². The van der Waals surface area contributed by atoms with Gasteiger partial charge in [0.05, 0.1) is 41.1 Å². The lowest BCUT2D eigenvalue weighted by Crippen LogP contribution is -2.46. The monoisotopic (exact) mass is 492 g/mol. The molecule has 10 heteroatoms. The van der Waals surface area contributed by atoms with Gasteiger partial charge in [-0.15, -0.1) is 11.8 Å². The van der Waals surface area contributed by atoms with Crippen LogP contribution in [0.1, 0.15) is 0 Å². The highest BCUT2D eigenvalue weighted by Crippen LogP contribution is 2.37. The number of halogens is 2. The minimum atomic E-state index is 0.355. The molecule has 2 aliphatic rings. The molecule has 1 aromatic heterocycles. The van der Waals surface area contributed by atoms with Gasteiger partial charge in [0.1, 0.15) is 18.8 Å². The molecule has 2 unspecified atom stereocenters. The summed E-state index contributed by atoms with van der Waals surface area (Å²) in [5.41, 5.74) is 1.52. The highest BCUT2D eigenvalue weighted by atomic mass is 35.5. The maximum Gasteiger partial charge on any atom is 0.163 e. The normalized spacial score (nSPS) is 20.8. The summed E-state index contributed by atoms with van der Waals surface area (Å²) < 4.78 is 17.5. The number of aromatic nitrogens is 2. The number of morpholine rings is 1. The van der Waals surface area contributed by atoms with Crippen LogP contribution in [-0.2, 0) is 4.74 Å². The Balaban J connectivity index is 1.38. The van der Waals surface area contributed by atoms with Gasteiger partial charge in [0, 0.05) is 35.6 Å². The number of hydrogen-bond donors (Lipinski definition) is 1. The lowest BCUT2D eigenvalue weighted by atomic mass is 10.1. The van der Waals surface area contributed by atoms with Crippen molar-refractivity contribution in [2.24, 2.45) is 0 Å². The third kappa shape index (κ3) is 4.43. The Hall–Kier alpha value is -1.97. The van der Waals surface area contributed by atoms with E-state index in [9.17, 15) is 0 Å². The van der Waals surface area contributed by atoms with Crippen LogP contribution < -0.4 is 14.8 Å². The molecule has 0 spiro atoms. The molecule has 0 amide bonds. The van der Waals surface area contributed by atoms with E-state index in [4.69, 9.17) is 37.4 Å². The second kappa shape index (κ2) is 9.49.